The van der Waals surface area contributed by atoms with Crippen LogP contribution in [0.3, 0.4) is 0 Å². The number of fused-ring (bicyclic) bond motifs is 1. The number of nitrogens with one attached hydrogen (secondary N) is 2. The Morgan fingerprint density at radius 2 is 2.11 bits per heavy atom. The number of hydrogen-bond acceptors (Lipinski definition) is 4. The van der Waals surface area contributed by atoms with Crippen LogP contribution in [0.5, 0.6) is 5.75 Å². The summed E-state index contributed by atoms with van der Waals surface area (Å²) in [6, 6.07) is 4.90. The highest BCUT2D eigenvalue weighted by molar-refractivity contribution is 5.99. The molecule has 144 valence electrons. The van der Waals surface area contributed by atoms with Crippen molar-refractivity contribution >= 4 is 23.3 Å². The minimum atomic E-state index is -0.317. The third-order valence-corrected chi connectivity index (χ3v) is 4.70. The van der Waals surface area contributed by atoms with Crippen LogP contribution in [0.1, 0.15) is 30.3 Å². The Bertz CT molecular complexity index is 874. The van der Waals surface area contributed by atoms with Crippen LogP contribution in [-0.2, 0) is 17.9 Å². The normalized spacial score (nSPS) is 13.2. The van der Waals surface area contributed by atoms with Crippen LogP contribution in [0.15, 0.2) is 18.2 Å². The summed E-state index contributed by atoms with van der Waals surface area (Å²) in [5, 5.41) is 10.2. The van der Waals surface area contributed by atoms with Crippen LogP contribution in [-0.4, -0.2) is 35.4 Å². The molecule has 27 heavy (non-hydrogen) atoms. The molecule has 0 aliphatic carbocycles. The average molecular weight is 371 g/mol. The summed E-state index contributed by atoms with van der Waals surface area (Å²) in [7, 11) is 1.69. The molecule has 0 saturated carbocycles. The first-order valence-electron chi connectivity index (χ1n) is 9.01. The van der Waals surface area contributed by atoms with Crippen molar-refractivity contribution in [1.82, 2.24) is 15.1 Å². The summed E-state index contributed by atoms with van der Waals surface area (Å²) in [5.74, 6) is 0.497. The van der Waals surface area contributed by atoms with Gasteiger partial charge in [-0.25, -0.2) is 4.79 Å². The van der Waals surface area contributed by atoms with E-state index in [1.807, 2.05) is 18.5 Å². The van der Waals surface area contributed by atoms with Gasteiger partial charge >= 0.3 is 6.03 Å². The van der Waals surface area contributed by atoms with Crippen LogP contribution in [0.2, 0.25) is 0 Å². The Balaban J connectivity index is 1.64. The summed E-state index contributed by atoms with van der Waals surface area (Å²) in [6.45, 7) is 7.37. The highest BCUT2D eigenvalue weighted by atomic mass is 16.5. The third kappa shape index (κ3) is 3.89. The highest BCUT2D eigenvalue weighted by Crippen LogP contribution is 2.33. The van der Waals surface area contributed by atoms with Gasteiger partial charge in [-0.3, -0.25) is 9.48 Å². The van der Waals surface area contributed by atoms with Gasteiger partial charge in [0.05, 0.1) is 11.4 Å². The van der Waals surface area contributed by atoms with Crippen molar-refractivity contribution in [2.45, 2.75) is 40.3 Å². The number of urea groups is 1. The number of nitrogens with zero attached hydrogens (tertiary/aromatic N) is 3. The lowest BCUT2D eigenvalue weighted by molar-refractivity contribution is -0.120. The van der Waals surface area contributed by atoms with Gasteiger partial charge in [-0.2, -0.15) is 5.10 Å². The number of carbonyl (C=O) groups excluding carboxylic acids is 2. The van der Waals surface area contributed by atoms with Crippen LogP contribution >= 0.6 is 0 Å². The first-order valence-corrected chi connectivity index (χ1v) is 9.01. The smallest absolute Gasteiger partial charge is 0.319 e. The van der Waals surface area contributed by atoms with E-state index in [4.69, 9.17) is 4.74 Å². The van der Waals surface area contributed by atoms with Crippen molar-refractivity contribution in [3.05, 3.63) is 35.2 Å². The molecule has 0 atom stereocenters. The number of anilines is 2. The van der Waals surface area contributed by atoms with Gasteiger partial charge in [-0.1, -0.05) is 6.92 Å². The summed E-state index contributed by atoms with van der Waals surface area (Å²) >= 11 is 0. The molecule has 1 aliphatic heterocycles. The monoisotopic (exact) mass is 371 g/mol. The fourth-order valence-electron chi connectivity index (χ4n) is 3.11. The molecule has 0 unspecified atom stereocenters. The zero-order valence-electron chi connectivity index (χ0n) is 16.1. The molecule has 1 aliphatic rings. The van der Waals surface area contributed by atoms with Crippen molar-refractivity contribution in [3.63, 3.8) is 0 Å². The molecule has 2 heterocycles. The van der Waals surface area contributed by atoms with Crippen molar-refractivity contribution in [1.29, 1.82) is 0 Å². The molecule has 2 N–H and O–H groups in total. The Hall–Kier alpha value is -3.03. The summed E-state index contributed by atoms with van der Waals surface area (Å²) < 4.78 is 7.36. The molecular weight excluding hydrogens is 346 g/mol. The maximum Gasteiger partial charge on any atom is 0.319 e. The number of hydrogen-bond donors (Lipinski definition) is 2. The molecule has 0 bridgehead atoms. The molecule has 1 aromatic carbocycles. The van der Waals surface area contributed by atoms with Gasteiger partial charge in [0.2, 0.25) is 0 Å². The lowest BCUT2D eigenvalue weighted by Crippen LogP contribution is -2.35. The van der Waals surface area contributed by atoms with E-state index in [0.29, 0.717) is 23.7 Å². The Morgan fingerprint density at radius 1 is 1.33 bits per heavy atom. The molecule has 0 saturated heterocycles. The van der Waals surface area contributed by atoms with E-state index in [-0.39, 0.29) is 18.5 Å². The number of carbonyl (C=O) groups is 2. The van der Waals surface area contributed by atoms with Crippen molar-refractivity contribution in [3.8, 4) is 5.75 Å². The van der Waals surface area contributed by atoms with E-state index in [0.717, 1.165) is 29.9 Å². The Kier molecular flexibility index (Phi) is 5.34. The molecule has 3 amide bonds. The number of aryl methyl sites for hydroxylation is 2. The second-order valence-corrected chi connectivity index (χ2v) is 6.60. The lowest BCUT2D eigenvalue weighted by atomic mass is 10.2. The number of rotatable bonds is 5. The van der Waals surface area contributed by atoms with Gasteiger partial charge in [0, 0.05) is 37.1 Å². The molecule has 0 spiro atoms. The summed E-state index contributed by atoms with van der Waals surface area (Å²) in [4.78, 5) is 25.6. The minimum Gasteiger partial charge on any atom is -0.482 e. The number of benzene rings is 1. The van der Waals surface area contributed by atoms with Gasteiger partial charge in [-0.05, 0) is 38.5 Å². The topological polar surface area (TPSA) is 88.5 Å². The van der Waals surface area contributed by atoms with E-state index >= 15 is 0 Å². The Morgan fingerprint density at radius 3 is 2.85 bits per heavy atom. The molecule has 2 aromatic rings. The van der Waals surface area contributed by atoms with Gasteiger partial charge in [-0.15, -0.1) is 0 Å². The predicted octanol–water partition coefficient (Wildman–Crippen LogP) is 2.59. The van der Waals surface area contributed by atoms with Crippen LogP contribution in [0, 0.1) is 13.8 Å². The second kappa shape index (κ2) is 7.69. The maximum atomic E-state index is 12.3. The van der Waals surface area contributed by atoms with Crippen molar-refractivity contribution < 1.29 is 14.3 Å². The van der Waals surface area contributed by atoms with Gasteiger partial charge in [0.25, 0.3) is 5.91 Å². The molecule has 0 radical (unpaired) electrons. The van der Waals surface area contributed by atoms with E-state index in [9.17, 15) is 9.59 Å². The van der Waals surface area contributed by atoms with Gasteiger partial charge in [0.15, 0.2) is 6.61 Å². The average Bonchev–Trinajstić information content (AvgIpc) is 2.90. The zero-order valence-corrected chi connectivity index (χ0v) is 16.1. The van der Waals surface area contributed by atoms with E-state index < -0.39 is 0 Å². The van der Waals surface area contributed by atoms with E-state index in [2.05, 4.69) is 22.7 Å². The van der Waals surface area contributed by atoms with Crippen molar-refractivity contribution in [2.75, 3.05) is 23.9 Å². The van der Waals surface area contributed by atoms with Gasteiger partial charge < -0.3 is 20.3 Å². The summed E-state index contributed by atoms with van der Waals surface area (Å²) in [6.07, 6.45) is 1.01. The predicted molar refractivity (Wildman–Crippen MR) is 103 cm³/mol. The second-order valence-electron chi connectivity index (χ2n) is 6.60. The fourth-order valence-corrected chi connectivity index (χ4v) is 3.11. The first-order chi connectivity index (χ1) is 12.9. The molecule has 8 nitrogen and oxygen atoms in total. The number of ether oxygens (including phenoxy) is 1. The summed E-state index contributed by atoms with van der Waals surface area (Å²) in [5.41, 5.74) is 4.25. The molecule has 0 fully saturated rings. The number of aromatic nitrogens is 2. The molecule has 8 heteroatoms. The highest BCUT2D eigenvalue weighted by Gasteiger charge is 2.22. The van der Waals surface area contributed by atoms with Gasteiger partial charge in [0.1, 0.15) is 5.75 Å². The van der Waals surface area contributed by atoms with E-state index in [1.54, 1.807) is 25.2 Å². The van der Waals surface area contributed by atoms with E-state index in [1.165, 1.54) is 4.90 Å². The third-order valence-electron chi connectivity index (χ3n) is 4.70. The van der Waals surface area contributed by atoms with Crippen LogP contribution < -0.4 is 20.3 Å². The van der Waals surface area contributed by atoms with Crippen LogP contribution in [0.25, 0.3) is 0 Å². The maximum absolute atomic E-state index is 12.3. The zero-order chi connectivity index (χ0) is 19.6. The quantitative estimate of drug-likeness (QED) is 0.845. The molecule has 1 aromatic heterocycles. The SMILES string of the molecule is CCCn1nc(C)c(CNC(=O)Nc2ccc3c(c2)N(C)C(=O)CO3)c1C. The largest absolute Gasteiger partial charge is 0.482 e. The Labute approximate surface area is 158 Å². The number of likely N-dealkylation sites (N-methyl/N-ethyl adjacent to an activating group) is 1. The standard InChI is InChI=1S/C19H25N5O3/c1-5-8-24-13(3)15(12(2)22-24)10-20-19(26)21-14-6-7-17-16(9-14)23(4)18(25)11-27-17/h6-7,9H,5,8,10-11H2,1-4H3,(H2,20,21,26). The molecule has 3 rings (SSSR count). The molecular formula is C19H25N5O3. The first kappa shape index (κ1) is 18.8. The van der Waals surface area contributed by atoms with Crippen LogP contribution in [0.4, 0.5) is 16.2 Å². The fraction of sp³-hybridized carbons (Fsp3) is 0.421. The minimum absolute atomic E-state index is 0.0289. The lowest BCUT2D eigenvalue weighted by Gasteiger charge is -2.26. The van der Waals surface area contributed by atoms with Crippen molar-refractivity contribution in [2.24, 2.45) is 0 Å². The number of amides is 3.